The summed E-state index contributed by atoms with van der Waals surface area (Å²) in [5.74, 6) is -0.490. The smallest absolute Gasteiger partial charge is 0.303 e. The van der Waals surface area contributed by atoms with Crippen LogP contribution in [-0.2, 0) is 23.7 Å². The summed E-state index contributed by atoms with van der Waals surface area (Å²) in [6.45, 7) is 3.56. The van der Waals surface area contributed by atoms with E-state index < -0.39 is 49.4 Å². The number of aliphatic hydroxyl groups is 4. The average Bonchev–Trinajstić information content (AvgIpc) is 3.04. The third-order valence-corrected chi connectivity index (χ3v) is 8.42. The van der Waals surface area contributed by atoms with Crippen LogP contribution < -0.4 is 0 Å². The molecule has 1 heterocycles. The van der Waals surface area contributed by atoms with Crippen LogP contribution in [0, 0.1) is 0 Å². The predicted molar refractivity (Wildman–Crippen MR) is 182 cm³/mol. The van der Waals surface area contributed by atoms with Gasteiger partial charge in [0.15, 0.2) is 6.29 Å². The Balaban J connectivity index is 1.93. The molecule has 0 aromatic rings. The van der Waals surface area contributed by atoms with Crippen molar-refractivity contribution < 1.29 is 44.2 Å². The lowest BCUT2D eigenvalue weighted by Gasteiger charge is -2.39. The number of carbonyl (C=O) groups excluding carboxylic acids is 1. The minimum Gasteiger partial charge on any atom is -0.458 e. The van der Waals surface area contributed by atoms with Gasteiger partial charge in [0.05, 0.1) is 19.8 Å². The number of allylic oxidation sites excluding steroid dienone is 4. The molecule has 1 aliphatic rings. The van der Waals surface area contributed by atoms with Crippen molar-refractivity contribution in [3.63, 3.8) is 0 Å². The monoisotopic (exact) mass is 656 g/mol. The fraction of sp³-hybridized carbons (Fsp3) is 0.865. The van der Waals surface area contributed by atoms with Crippen molar-refractivity contribution in [3.05, 3.63) is 24.3 Å². The molecule has 9 nitrogen and oxygen atoms in total. The van der Waals surface area contributed by atoms with Crippen LogP contribution in [0.3, 0.4) is 0 Å². The number of esters is 1. The van der Waals surface area contributed by atoms with Gasteiger partial charge >= 0.3 is 5.97 Å². The molecule has 0 amide bonds. The average molecular weight is 657 g/mol. The number of hydrogen-bond acceptors (Lipinski definition) is 9. The third-order valence-electron chi connectivity index (χ3n) is 8.42. The Morgan fingerprint density at radius 1 is 0.696 bits per heavy atom. The largest absolute Gasteiger partial charge is 0.458 e. The van der Waals surface area contributed by atoms with E-state index in [1.165, 1.54) is 116 Å². The zero-order chi connectivity index (χ0) is 33.7. The minimum atomic E-state index is -1.53. The molecule has 46 heavy (non-hydrogen) atoms. The molecule has 0 aromatic carbocycles. The molecular formula is C37H68O9. The van der Waals surface area contributed by atoms with Crippen molar-refractivity contribution in [1.82, 2.24) is 0 Å². The quantitative estimate of drug-likeness (QED) is 0.0379. The molecule has 6 atom stereocenters. The molecule has 0 spiro atoms. The summed E-state index contributed by atoms with van der Waals surface area (Å²) >= 11 is 0. The molecule has 0 aliphatic carbocycles. The van der Waals surface area contributed by atoms with Gasteiger partial charge < -0.3 is 39.4 Å². The Morgan fingerprint density at radius 3 is 1.74 bits per heavy atom. The normalized spacial score (nSPS) is 22.6. The maximum absolute atomic E-state index is 11.5. The third kappa shape index (κ3) is 22.3. The number of hydrogen-bond donors (Lipinski definition) is 4. The van der Waals surface area contributed by atoms with Gasteiger partial charge in [0.25, 0.3) is 0 Å². The van der Waals surface area contributed by atoms with Crippen LogP contribution in [0.1, 0.15) is 142 Å². The highest BCUT2D eigenvalue weighted by molar-refractivity contribution is 5.66. The lowest BCUT2D eigenvalue weighted by atomic mass is 9.99. The fourth-order valence-electron chi connectivity index (χ4n) is 5.58. The van der Waals surface area contributed by atoms with E-state index in [1.54, 1.807) is 0 Å². The predicted octanol–water partition coefficient (Wildman–Crippen LogP) is 6.69. The van der Waals surface area contributed by atoms with Gasteiger partial charge in [-0.25, -0.2) is 0 Å². The summed E-state index contributed by atoms with van der Waals surface area (Å²) in [6, 6.07) is 0. The second-order valence-electron chi connectivity index (χ2n) is 12.7. The van der Waals surface area contributed by atoms with Gasteiger partial charge in [-0.05, 0) is 38.5 Å². The Labute approximate surface area is 279 Å². The second kappa shape index (κ2) is 29.8. The number of rotatable bonds is 30. The Bertz CT molecular complexity index is 757. The van der Waals surface area contributed by atoms with Crippen LogP contribution >= 0.6 is 0 Å². The second-order valence-corrected chi connectivity index (χ2v) is 12.7. The van der Waals surface area contributed by atoms with E-state index in [2.05, 4.69) is 31.2 Å². The summed E-state index contributed by atoms with van der Waals surface area (Å²) in [7, 11) is 0. The molecule has 1 rings (SSSR count). The Morgan fingerprint density at radius 2 is 1.22 bits per heavy atom. The van der Waals surface area contributed by atoms with Gasteiger partial charge in [-0.2, -0.15) is 0 Å². The first-order valence-electron chi connectivity index (χ1n) is 18.4. The Kier molecular flexibility index (Phi) is 27.6. The molecule has 6 unspecified atom stereocenters. The molecule has 1 fully saturated rings. The number of carbonyl (C=O) groups is 1. The van der Waals surface area contributed by atoms with Gasteiger partial charge in [-0.3, -0.25) is 4.79 Å². The number of unbranched alkanes of at least 4 members (excludes halogenated alkanes) is 17. The fourth-order valence-corrected chi connectivity index (χ4v) is 5.58. The van der Waals surface area contributed by atoms with Crippen molar-refractivity contribution >= 4 is 5.97 Å². The van der Waals surface area contributed by atoms with E-state index in [-0.39, 0.29) is 13.2 Å². The number of aliphatic hydroxyl groups excluding tert-OH is 4. The van der Waals surface area contributed by atoms with Crippen LogP contribution in [0.4, 0.5) is 0 Å². The highest BCUT2D eigenvalue weighted by Gasteiger charge is 2.44. The summed E-state index contributed by atoms with van der Waals surface area (Å²) in [4.78, 5) is 11.5. The number of ether oxygens (including phenoxy) is 4. The first kappa shape index (κ1) is 42.7. The van der Waals surface area contributed by atoms with Gasteiger partial charge in [-0.15, -0.1) is 0 Å². The summed E-state index contributed by atoms with van der Waals surface area (Å²) in [6.07, 6.45) is 27.1. The molecule has 4 N–H and O–H groups in total. The molecular weight excluding hydrogens is 588 g/mol. The SMILES string of the molecule is CCCCCCC/C=C\C/C=C\CCCCCCCCCCCCCCOCC(COC1OC(CO)C(O)C(O)C1O)OC(C)=O. The van der Waals surface area contributed by atoms with Crippen LogP contribution in [0.15, 0.2) is 24.3 Å². The summed E-state index contributed by atoms with van der Waals surface area (Å²) < 4.78 is 21.8. The van der Waals surface area contributed by atoms with E-state index in [1.807, 2.05) is 0 Å². The summed E-state index contributed by atoms with van der Waals surface area (Å²) in [5.41, 5.74) is 0. The Hall–Kier alpha value is -1.33. The van der Waals surface area contributed by atoms with Crippen LogP contribution in [0.2, 0.25) is 0 Å². The van der Waals surface area contributed by atoms with Gasteiger partial charge in [-0.1, -0.05) is 121 Å². The van der Waals surface area contributed by atoms with Crippen molar-refractivity contribution in [2.75, 3.05) is 26.4 Å². The van der Waals surface area contributed by atoms with E-state index in [0.29, 0.717) is 6.61 Å². The van der Waals surface area contributed by atoms with Crippen molar-refractivity contribution in [3.8, 4) is 0 Å². The molecule has 1 aliphatic heterocycles. The molecule has 0 radical (unpaired) electrons. The molecule has 1 saturated heterocycles. The molecule has 0 saturated carbocycles. The highest BCUT2D eigenvalue weighted by Crippen LogP contribution is 2.22. The van der Waals surface area contributed by atoms with Crippen molar-refractivity contribution in [1.29, 1.82) is 0 Å². The lowest BCUT2D eigenvalue weighted by molar-refractivity contribution is -0.305. The van der Waals surface area contributed by atoms with Crippen molar-refractivity contribution in [2.24, 2.45) is 0 Å². The van der Waals surface area contributed by atoms with Crippen molar-refractivity contribution in [2.45, 2.75) is 179 Å². The first-order chi connectivity index (χ1) is 22.4. The molecule has 0 aromatic heterocycles. The van der Waals surface area contributed by atoms with Gasteiger partial charge in [0.1, 0.15) is 30.5 Å². The minimum absolute atomic E-state index is 0.128. The van der Waals surface area contributed by atoms with E-state index in [0.717, 1.165) is 19.3 Å². The van der Waals surface area contributed by atoms with E-state index in [9.17, 15) is 25.2 Å². The van der Waals surface area contributed by atoms with E-state index in [4.69, 9.17) is 18.9 Å². The zero-order valence-electron chi connectivity index (χ0n) is 29.1. The maximum Gasteiger partial charge on any atom is 0.303 e. The van der Waals surface area contributed by atoms with Crippen LogP contribution in [0.25, 0.3) is 0 Å². The lowest BCUT2D eigenvalue weighted by Crippen LogP contribution is -2.59. The van der Waals surface area contributed by atoms with Gasteiger partial charge in [0, 0.05) is 13.5 Å². The summed E-state index contributed by atoms with van der Waals surface area (Å²) in [5, 5.41) is 39.2. The molecule has 9 heteroatoms. The van der Waals surface area contributed by atoms with Crippen LogP contribution in [0.5, 0.6) is 0 Å². The zero-order valence-corrected chi connectivity index (χ0v) is 29.1. The first-order valence-corrected chi connectivity index (χ1v) is 18.4. The topological polar surface area (TPSA) is 135 Å². The molecule has 270 valence electrons. The maximum atomic E-state index is 11.5. The van der Waals surface area contributed by atoms with E-state index >= 15 is 0 Å². The standard InChI is InChI=1S/C37H68O9/c1-3-4-5-6-7-8-9-10-11-12-13-14-15-16-17-18-19-20-21-22-23-24-25-26-27-43-29-32(45-31(2)39)30-44-37-36(42)35(41)34(40)33(28-38)46-37/h9-10,12-13,32-38,40-42H,3-8,11,14-30H2,1-2H3/b10-9-,13-12-. The molecule has 0 bridgehead atoms. The van der Waals surface area contributed by atoms with Crippen LogP contribution in [-0.4, -0.2) is 89.6 Å². The van der Waals surface area contributed by atoms with Gasteiger partial charge in [0.2, 0.25) is 0 Å². The highest BCUT2D eigenvalue weighted by atomic mass is 16.7.